The van der Waals surface area contributed by atoms with Gasteiger partial charge in [-0.05, 0) is 24.6 Å². The van der Waals surface area contributed by atoms with Crippen molar-refractivity contribution >= 4 is 5.69 Å². The lowest BCUT2D eigenvalue weighted by atomic mass is 10.1. The topological polar surface area (TPSA) is 76.8 Å². The molecular formula is C12H13FN4. The molecule has 2 N–H and O–H groups in total. The number of benzene rings is 1. The maximum absolute atomic E-state index is 13.8. The zero-order chi connectivity index (χ0) is 12.8. The van der Waals surface area contributed by atoms with E-state index in [-0.39, 0.29) is 24.8 Å². The van der Waals surface area contributed by atoms with E-state index in [4.69, 9.17) is 16.3 Å². The minimum atomic E-state index is -0.467. The van der Waals surface area contributed by atoms with Crippen LogP contribution in [0.4, 0.5) is 10.1 Å². The molecule has 0 spiro atoms. The summed E-state index contributed by atoms with van der Waals surface area (Å²) in [5, 5.41) is 17.2. The van der Waals surface area contributed by atoms with Crippen LogP contribution in [0.1, 0.15) is 18.5 Å². The van der Waals surface area contributed by atoms with Gasteiger partial charge in [0.05, 0.1) is 17.8 Å². The van der Waals surface area contributed by atoms with E-state index in [1.54, 1.807) is 19.1 Å². The molecule has 0 radical (unpaired) electrons. The molecule has 4 nitrogen and oxygen atoms in total. The first-order chi connectivity index (χ1) is 8.10. The molecule has 88 valence electrons. The zero-order valence-electron chi connectivity index (χ0n) is 9.52. The highest BCUT2D eigenvalue weighted by Gasteiger charge is 2.12. The minimum Gasteiger partial charge on any atom is -0.343 e. The largest absolute Gasteiger partial charge is 0.343 e. The summed E-state index contributed by atoms with van der Waals surface area (Å²) in [4.78, 5) is 1.38. The molecule has 1 aromatic rings. The average molecular weight is 232 g/mol. The summed E-state index contributed by atoms with van der Waals surface area (Å²) >= 11 is 0. The molecular weight excluding hydrogens is 219 g/mol. The van der Waals surface area contributed by atoms with Crippen LogP contribution in [0.2, 0.25) is 0 Å². The van der Waals surface area contributed by atoms with Crippen molar-refractivity contribution in [2.24, 2.45) is 5.73 Å². The van der Waals surface area contributed by atoms with Gasteiger partial charge in [0.2, 0.25) is 0 Å². The molecule has 0 saturated heterocycles. The molecule has 0 aliphatic heterocycles. The lowest BCUT2D eigenvalue weighted by Gasteiger charge is -2.19. The summed E-state index contributed by atoms with van der Waals surface area (Å²) in [5.41, 5.74) is 6.57. The van der Waals surface area contributed by atoms with Crippen LogP contribution in [-0.2, 0) is 0 Å². The molecule has 1 atom stereocenters. The van der Waals surface area contributed by atoms with Gasteiger partial charge < -0.3 is 10.6 Å². The van der Waals surface area contributed by atoms with Gasteiger partial charge in [-0.1, -0.05) is 6.07 Å². The molecule has 1 rings (SSSR count). The van der Waals surface area contributed by atoms with Crippen LogP contribution in [0.3, 0.4) is 0 Å². The summed E-state index contributed by atoms with van der Waals surface area (Å²) in [6.07, 6.45) is 0. The third-order valence-corrected chi connectivity index (χ3v) is 2.36. The van der Waals surface area contributed by atoms with E-state index in [1.807, 2.05) is 12.1 Å². The number of rotatable bonds is 4. The van der Waals surface area contributed by atoms with E-state index >= 15 is 0 Å². The van der Waals surface area contributed by atoms with Crippen LogP contribution >= 0.6 is 0 Å². The molecule has 0 bridgehead atoms. The molecule has 0 aliphatic rings. The average Bonchev–Trinajstić information content (AvgIpc) is 2.28. The maximum atomic E-state index is 13.8. The summed E-state index contributed by atoms with van der Waals surface area (Å²) in [6, 6.07) is 8.13. The van der Waals surface area contributed by atoms with E-state index in [0.717, 1.165) is 0 Å². The first kappa shape index (κ1) is 13.0. The van der Waals surface area contributed by atoms with Crippen molar-refractivity contribution in [3.05, 3.63) is 29.6 Å². The summed E-state index contributed by atoms with van der Waals surface area (Å²) in [5.74, 6) is -0.467. The highest BCUT2D eigenvalue weighted by atomic mass is 19.1. The van der Waals surface area contributed by atoms with Crippen molar-refractivity contribution in [3.8, 4) is 12.1 Å². The van der Waals surface area contributed by atoms with Crippen molar-refractivity contribution in [1.82, 2.24) is 0 Å². The number of hydrogen-bond acceptors (Lipinski definition) is 4. The molecule has 17 heavy (non-hydrogen) atoms. The van der Waals surface area contributed by atoms with Crippen LogP contribution in [0.15, 0.2) is 18.2 Å². The predicted octanol–water partition coefficient (Wildman–Crippen LogP) is 1.70. The number of nitrogens with two attached hydrogens (primary N) is 1. The Balaban J connectivity index is 3.05. The van der Waals surface area contributed by atoms with Crippen molar-refractivity contribution in [3.63, 3.8) is 0 Å². The lowest BCUT2D eigenvalue weighted by Crippen LogP contribution is -2.25. The Morgan fingerprint density at radius 2 is 1.94 bits per heavy atom. The Labute approximate surface area is 99.7 Å². The monoisotopic (exact) mass is 232 g/mol. The van der Waals surface area contributed by atoms with Crippen LogP contribution < -0.4 is 10.6 Å². The highest BCUT2D eigenvalue weighted by molar-refractivity contribution is 5.51. The third kappa shape index (κ3) is 3.17. The fourth-order valence-electron chi connectivity index (χ4n) is 1.46. The number of nitrogens with zero attached hydrogens (tertiary/aromatic N) is 3. The number of nitriles is 2. The predicted molar refractivity (Wildman–Crippen MR) is 62.4 cm³/mol. The second-order valence-electron chi connectivity index (χ2n) is 3.67. The first-order valence-electron chi connectivity index (χ1n) is 5.14. The molecule has 5 heteroatoms. The second-order valence-corrected chi connectivity index (χ2v) is 3.67. The molecule has 1 aromatic carbocycles. The van der Waals surface area contributed by atoms with Crippen molar-refractivity contribution < 1.29 is 4.39 Å². The van der Waals surface area contributed by atoms with Gasteiger partial charge in [0.1, 0.15) is 18.9 Å². The van der Waals surface area contributed by atoms with Gasteiger partial charge in [-0.15, -0.1) is 0 Å². The quantitative estimate of drug-likeness (QED) is 0.801. The minimum absolute atomic E-state index is 0.0258. The van der Waals surface area contributed by atoms with Crippen LogP contribution in [0, 0.1) is 28.5 Å². The molecule has 0 unspecified atom stereocenters. The van der Waals surface area contributed by atoms with Crippen molar-refractivity contribution in [1.29, 1.82) is 10.5 Å². The zero-order valence-corrected chi connectivity index (χ0v) is 9.52. The molecule has 0 heterocycles. The van der Waals surface area contributed by atoms with Gasteiger partial charge in [-0.3, -0.25) is 0 Å². The van der Waals surface area contributed by atoms with Crippen LogP contribution in [-0.4, -0.2) is 13.1 Å². The summed E-state index contributed by atoms with van der Waals surface area (Å²) in [7, 11) is 0. The molecule has 0 saturated carbocycles. The Kier molecular flexibility index (Phi) is 4.45. The molecule has 0 aromatic heterocycles. The van der Waals surface area contributed by atoms with Crippen LogP contribution in [0.5, 0.6) is 0 Å². The second kappa shape index (κ2) is 5.83. The van der Waals surface area contributed by atoms with Gasteiger partial charge in [0.15, 0.2) is 0 Å². The van der Waals surface area contributed by atoms with E-state index in [0.29, 0.717) is 5.56 Å². The first-order valence-corrected chi connectivity index (χ1v) is 5.14. The van der Waals surface area contributed by atoms with Crippen molar-refractivity contribution in [2.75, 3.05) is 18.0 Å². The Morgan fingerprint density at radius 3 is 2.35 bits per heavy atom. The van der Waals surface area contributed by atoms with Crippen molar-refractivity contribution in [2.45, 2.75) is 13.0 Å². The Bertz CT molecular complexity index is 454. The SMILES string of the molecule is C[C@@H](N)c1ccc(N(CC#N)CC#N)c(F)c1. The molecule has 0 amide bonds. The van der Waals surface area contributed by atoms with E-state index in [9.17, 15) is 4.39 Å². The number of hydrogen-bond donors (Lipinski definition) is 1. The summed E-state index contributed by atoms with van der Waals surface area (Å²) in [6.45, 7) is 1.71. The smallest absolute Gasteiger partial charge is 0.146 e. The Hall–Kier alpha value is -2.11. The van der Waals surface area contributed by atoms with Crippen LogP contribution in [0.25, 0.3) is 0 Å². The summed E-state index contributed by atoms with van der Waals surface area (Å²) < 4.78 is 13.8. The van der Waals surface area contributed by atoms with E-state index < -0.39 is 5.82 Å². The fraction of sp³-hybridized carbons (Fsp3) is 0.333. The third-order valence-electron chi connectivity index (χ3n) is 2.36. The normalized spacial score (nSPS) is 11.4. The maximum Gasteiger partial charge on any atom is 0.146 e. The van der Waals surface area contributed by atoms with Gasteiger partial charge in [0, 0.05) is 6.04 Å². The number of anilines is 1. The number of halogens is 1. The highest BCUT2D eigenvalue weighted by Crippen LogP contribution is 2.22. The standard InChI is InChI=1S/C12H13FN4/c1-9(16)10-2-3-12(11(13)8-10)17(6-4-14)7-5-15/h2-3,8-9H,6-7,16H2,1H3/t9-/m1/s1. The van der Waals surface area contributed by atoms with Gasteiger partial charge >= 0.3 is 0 Å². The van der Waals surface area contributed by atoms with Gasteiger partial charge in [-0.2, -0.15) is 10.5 Å². The molecule has 0 aliphatic carbocycles. The van der Waals surface area contributed by atoms with E-state index in [1.165, 1.54) is 11.0 Å². The van der Waals surface area contributed by atoms with Gasteiger partial charge in [0.25, 0.3) is 0 Å². The fourth-order valence-corrected chi connectivity index (χ4v) is 1.46. The Morgan fingerprint density at radius 1 is 1.35 bits per heavy atom. The van der Waals surface area contributed by atoms with E-state index in [2.05, 4.69) is 0 Å². The molecule has 0 fully saturated rings. The van der Waals surface area contributed by atoms with Gasteiger partial charge in [-0.25, -0.2) is 4.39 Å². The lowest BCUT2D eigenvalue weighted by molar-refractivity contribution is 0.618.